The van der Waals surface area contributed by atoms with Crippen LogP contribution in [0.1, 0.15) is 11.7 Å². The SMILES string of the molecule is COc1ccccc1OC(c1cccc(Cl)c1)C1CN(C)CCO1. The number of benzene rings is 2. The van der Waals surface area contributed by atoms with E-state index in [0.29, 0.717) is 23.1 Å². The van der Waals surface area contributed by atoms with Gasteiger partial charge in [-0.2, -0.15) is 0 Å². The molecule has 128 valence electrons. The second kappa shape index (κ2) is 7.88. The number of hydrogen-bond acceptors (Lipinski definition) is 4. The van der Waals surface area contributed by atoms with E-state index in [1.807, 2.05) is 48.5 Å². The average Bonchev–Trinajstić information content (AvgIpc) is 2.60. The Labute approximate surface area is 147 Å². The molecule has 0 radical (unpaired) electrons. The summed E-state index contributed by atoms with van der Waals surface area (Å²) in [5.74, 6) is 1.40. The molecule has 0 aliphatic carbocycles. The second-order valence-electron chi connectivity index (χ2n) is 5.92. The van der Waals surface area contributed by atoms with Crippen LogP contribution in [0.4, 0.5) is 0 Å². The number of para-hydroxylation sites is 2. The molecular formula is C19H22ClNO3. The van der Waals surface area contributed by atoms with Crippen molar-refractivity contribution in [3.8, 4) is 11.5 Å². The van der Waals surface area contributed by atoms with Crippen LogP contribution in [-0.4, -0.2) is 44.9 Å². The number of rotatable bonds is 5. The molecule has 1 saturated heterocycles. The van der Waals surface area contributed by atoms with Gasteiger partial charge in [0.05, 0.1) is 13.7 Å². The van der Waals surface area contributed by atoms with Crippen LogP contribution in [0.2, 0.25) is 5.02 Å². The largest absolute Gasteiger partial charge is 0.493 e. The summed E-state index contributed by atoms with van der Waals surface area (Å²) >= 11 is 6.19. The lowest BCUT2D eigenvalue weighted by atomic mass is 10.0. The number of ether oxygens (including phenoxy) is 3. The van der Waals surface area contributed by atoms with E-state index >= 15 is 0 Å². The highest BCUT2D eigenvalue weighted by atomic mass is 35.5. The van der Waals surface area contributed by atoms with E-state index in [-0.39, 0.29) is 12.2 Å². The van der Waals surface area contributed by atoms with Crippen LogP contribution in [0.5, 0.6) is 11.5 Å². The maximum absolute atomic E-state index is 6.33. The van der Waals surface area contributed by atoms with E-state index in [4.69, 9.17) is 25.8 Å². The molecule has 1 heterocycles. The second-order valence-corrected chi connectivity index (χ2v) is 6.35. The fraction of sp³-hybridized carbons (Fsp3) is 0.368. The minimum atomic E-state index is -0.261. The highest BCUT2D eigenvalue weighted by Gasteiger charge is 2.30. The highest BCUT2D eigenvalue weighted by Crippen LogP contribution is 2.34. The van der Waals surface area contributed by atoms with E-state index in [0.717, 1.165) is 18.7 Å². The first kappa shape index (κ1) is 17.1. The molecule has 0 amide bonds. The van der Waals surface area contributed by atoms with Gasteiger partial charge in [0.15, 0.2) is 17.6 Å². The van der Waals surface area contributed by atoms with Gasteiger partial charge in [-0.15, -0.1) is 0 Å². The van der Waals surface area contributed by atoms with Crippen molar-refractivity contribution in [3.63, 3.8) is 0 Å². The number of nitrogens with zero attached hydrogens (tertiary/aromatic N) is 1. The van der Waals surface area contributed by atoms with Crippen molar-refractivity contribution < 1.29 is 14.2 Å². The molecule has 0 N–H and O–H groups in total. The molecule has 4 nitrogen and oxygen atoms in total. The number of likely N-dealkylation sites (N-methyl/N-ethyl adjacent to an activating group) is 1. The smallest absolute Gasteiger partial charge is 0.162 e. The van der Waals surface area contributed by atoms with Crippen LogP contribution in [-0.2, 0) is 4.74 Å². The summed E-state index contributed by atoms with van der Waals surface area (Å²) in [6, 6.07) is 15.4. The van der Waals surface area contributed by atoms with E-state index < -0.39 is 0 Å². The molecule has 2 unspecified atom stereocenters. The zero-order valence-electron chi connectivity index (χ0n) is 13.9. The average molecular weight is 348 g/mol. The minimum Gasteiger partial charge on any atom is -0.493 e. The topological polar surface area (TPSA) is 30.9 Å². The van der Waals surface area contributed by atoms with E-state index in [2.05, 4.69) is 11.9 Å². The predicted octanol–water partition coefficient (Wildman–Crippen LogP) is 3.80. The standard InChI is InChI=1S/C19H22ClNO3/c1-21-10-11-23-18(13-21)19(14-6-5-7-15(20)12-14)24-17-9-4-3-8-16(17)22-2/h3-9,12,18-19H,10-11,13H2,1-2H3. The Morgan fingerprint density at radius 2 is 1.96 bits per heavy atom. The van der Waals surface area contributed by atoms with Gasteiger partial charge < -0.3 is 19.1 Å². The summed E-state index contributed by atoms with van der Waals surface area (Å²) in [7, 11) is 3.73. The quantitative estimate of drug-likeness (QED) is 0.823. The van der Waals surface area contributed by atoms with Crippen LogP contribution in [0.15, 0.2) is 48.5 Å². The van der Waals surface area contributed by atoms with Crippen molar-refractivity contribution in [2.45, 2.75) is 12.2 Å². The van der Waals surface area contributed by atoms with Gasteiger partial charge >= 0.3 is 0 Å². The predicted molar refractivity (Wildman–Crippen MR) is 95.1 cm³/mol. The van der Waals surface area contributed by atoms with Gasteiger partial charge in [-0.25, -0.2) is 0 Å². The molecule has 2 aromatic rings. The Hall–Kier alpha value is -1.75. The summed E-state index contributed by atoms with van der Waals surface area (Å²) < 4.78 is 17.7. The molecule has 2 aromatic carbocycles. The normalized spacial score (nSPS) is 19.7. The molecule has 0 spiro atoms. The van der Waals surface area contributed by atoms with Crippen LogP contribution < -0.4 is 9.47 Å². The molecular weight excluding hydrogens is 326 g/mol. The van der Waals surface area contributed by atoms with Crippen molar-refractivity contribution in [2.75, 3.05) is 33.9 Å². The summed E-state index contributed by atoms with van der Waals surface area (Å²) in [4.78, 5) is 2.25. The lowest BCUT2D eigenvalue weighted by Crippen LogP contribution is -2.44. The third-order valence-electron chi connectivity index (χ3n) is 4.13. The number of morpholine rings is 1. The van der Waals surface area contributed by atoms with Crippen molar-refractivity contribution in [3.05, 3.63) is 59.1 Å². The summed E-state index contributed by atoms with van der Waals surface area (Å²) in [5, 5.41) is 0.685. The minimum absolute atomic E-state index is 0.0767. The van der Waals surface area contributed by atoms with Crippen LogP contribution in [0.25, 0.3) is 0 Å². The van der Waals surface area contributed by atoms with Gasteiger partial charge in [0.1, 0.15) is 6.10 Å². The van der Waals surface area contributed by atoms with Crippen LogP contribution in [0, 0.1) is 0 Å². The molecule has 1 aliphatic heterocycles. The molecule has 1 fully saturated rings. The molecule has 5 heteroatoms. The van der Waals surface area contributed by atoms with Gasteiger partial charge in [0.2, 0.25) is 0 Å². The fourth-order valence-corrected chi connectivity index (χ4v) is 3.09. The zero-order valence-corrected chi connectivity index (χ0v) is 14.7. The van der Waals surface area contributed by atoms with Crippen molar-refractivity contribution in [1.82, 2.24) is 4.90 Å². The summed E-state index contributed by atoms with van der Waals surface area (Å²) in [6.45, 7) is 2.41. The lowest BCUT2D eigenvalue weighted by Gasteiger charge is -2.35. The first-order valence-corrected chi connectivity index (χ1v) is 8.40. The molecule has 0 bridgehead atoms. The van der Waals surface area contributed by atoms with Crippen molar-refractivity contribution in [1.29, 1.82) is 0 Å². The van der Waals surface area contributed by atoms with E-state index in [1.165, 1.54) is 0 Å². The van der Waals surface area contributed by atoms with Crippen LogP contribution >= 0.6 is 11.6 Å². The number of halogens is 1. The molecule has 24 heavy (non-hydrogen) atoms. The first-order valence-electron chi connectivity index (χ1n) is 8.02. The third-order valence-corrected chi connectivity index (χ3v) is 4.37. The fourth-order valence-electron chi connectivity index (χ4n) is 2.89. The Morgan fingerprint density at radius 1 is 1.17 bits per heavy atom. The molecule has 3 rings (SSSR count). The molecule has 2 atom stereocenters. The zero-order chi connectivity index (χ0) is 16.9. The van der Waals surface area contributed by atoms with E-state index in [1.54, 1.807) is 7.11 Å². The number of hydrogen-bond donors (Lipinski definition) is 0. The maximum atomic E-state index is 6.33. The van der Waals surface area contributed by atoms with Gasteiger partial charge in [0, 0.05) is 18.1 Å². The molecule has 0 saturated carbocycles. The Bertz CT molecular complexity index is 679. The van der Waals surface area contributed by atoms with Gasteiger partial charge in [-0.1, -0.05) is 35.9 Å². The van der Waals surface area contributed by atoms with E-state index in [9.17, 15) is 0 Å². The Kier molecular flexibility index (Phi) is 5.61. The van der Waals surface area contributed by atoms with Gasteiger partial charge in [-0.3, -0.25) is 0 Å². The Balaban J connectivity index is 1.92. The third kappa shape index (κ3) is 4.01. The lowest BCUT2D eigenvalue weighted by molar-refractivity contribution is -0.0763. The summed E-state index contributed by atoms with van der Waals surface area (Å²) in [5.41, 5.74) is 0.994. The van der Waals surface area contributed by atoms with Crippen molar-refractivity contribution >= 4 is 11.6 Å². The van der Waals surface area contributed by atoms with Crippen LogP contribution in [0.3, 0.4) is 0 Å². The molecule has 0 aromatic heterocycles. The summed E-state index contributed by atoms with van der Waals surface area (Å²) in [6.07, 6.45) is -0.338. The first-order chi connectivity index (χ1) is 11.7. The maximum Gasteiger partial charge on any atom is 0.162 e. The Morgan fingerprint density at radius 3 is 2.67 bits per heavy atom. The highest BCUT2D eigenvalue weighted by molar-refractivity contribution is 6.30. The molecule has 1 aliphatic rings. The van der Waals surface area contributed by atoms with Gasteiger partial charge in [-0.05, 0) is 36.9 Å². The monoisotopic (exact) mass is 347 g/mol. The van der Waals surface area contributed by atoms with Crippen molar-refractivity contribution in [2.24, 2.45) is 0 Å². The van der Waals surface area contributed by atoms with Gasteiger partial charge in [0.25, 0.3) is 0 Å². The number of methoxy groups -OCH3 is 1.